The van der Waals surface area contributed by atoms with Crippen molar-refractivity contribution in [2.24, 2.45) is 0 Å². The highest BCUT2D eigenvalue weighted by molar-refractivity contribution is 6.35. The first-order valence-electron chi connectivity index (χ1n) is 5.70. The first-order chi connectivity index (χ1) is 9.47. The lowest BCUT2D eigenvalue weighted by atomic mass is 10.3. The molecule has 108 valence electrons. The highest BCUT2D eigenvalue weighted by Crippen LogP contribution is 2.36. The quantitative estimate of drug-likeness (QED) is 0.798. The summed E-state index contributed by atoms with van der Waals surface area (Å²) in [7, 11) is 0. The fourth-order valence-electron chi connectivity index (χ4n) is 1.25. The van der Waals surface area contributed by atoms with Crippen LogP contribution in [0.3, 0.4) is 0 Å². The Balaban J connectivity index is 0.000000612. The molecule has 0 aliphatic carbocycles. The van der Waals surface area contributed by atoms with Crippen molar-refractivity contribution in [3.63, 3.8) is 0 Å². The second-order valence-electron chi connectivity index (χ2n) is 3.61. The molecule has 0 aromatic heterocycles. The molecular weight excluding hydrogens is 323 g/mol. The van der Waals surface area contributed by atoms with E-state index in [2.05, 4.69) is 0 Å². The normalized spacial score (nSPS) is 9.65. The van der Waals surface area contributed by atoms with Crippen LogP contribution < -0.4 is 4.74 Å². The van der Waals surface area contributed by atoms with Crippen LogP contribution in [0.2, 0.25) is 15.1 Å². The number of aromatic hydroxyl groups is 1. The summed E-state index contributed by atoms with van der Waals surface area (Å²) in [6, 6.07) is 9.39. The Bertz CT molecular complexity index is 524. The molecule has 2 aromatic carbocycles. The van der Waals surface area contributed by atoms with Crippen LogP contribution in [0, 0.1) is 0 Å². The minimum Gasteiger partial charge on any atom is -0.504 e. The van der Waals surface area contributed by atoms with Gasteiger partial charge in [-0.2, -0.15) is 0 Å². The van der Waals surface area contributed by atoms with E-state index in [9.17, 15) is 5.11 Å². The zero-order valence-corrected chi connectivity index (χ0v) is 12.9. The van der Waals surface area contributed by atoms with Gasteiger partial charge in [0.1, 0.15) is 5.75 Å². The molecule has 0 saturated carbocycles. The second kappa shape index (κ2) is 8.22. The Morgan fingerprint density at radius 3 is 1.95 bits per heavy atom. The van der Waals surface area contributed by atoms with Crippen LogP contribution in [-0.4, -0.2) is 16.8 Å². The number of benzene rings is 2. The molecule has 0 bridgehead atoms. The number of aliphatic hydroxyl groups excluding tert-OH is 1. The van der Waals surface area contributed by atoms with Gasteiger partial charge in [0.05, 0.1) is 5.02 Å². The molecule has 2 aromatic rings. The summed E-state index contributed by atoms with van der Waals surface area (Å²) < 4.78 is 5.45. The van der Waals surface area contributed by atoms with Crippen molar-refractivity contribution in [2.75, 3.05) is 6.61 Å². The van der Waals surface area contributed by atoms with Crippen LogP contribution in [0.5, 0.6) is 17.2 Å². The third-order valence-corrected chi connectivity index (χ3v) is 2.80. The molecule has 0 atom stereocenters. The standard InChI is InChI=1S/C12H7Cl3O2.C2H6O/c13-7-1-3-11(9(15)5-7)17-12-4-2-8(14)6-10(12)16;1-2-3/h1-6,16H;3H,2H2,1H3. The predicted octanol–water partition coefficient (Wildman–Crippen LogP) is 5.14. The van der Waals surface area contributed by atoms with E-state index in [1.807, 2.05) is 0 Å². The third kappa shape index (κ3) is 5.10. The summed E-state index contributed by atoms with van der Waals surface area (Å²) in [5.41, 5.74) is 0. The highest BCUT2D eigenvalue weighted by atomic mass is 35.5. The summed E-state index contributed by atoms with van der Waals surface area (Å²) in [6.45, 7) is 1.93. The number of phenolic OH excluding ortho intramolecular Hbond substituents is 1. The molecule has 0 unspecified atom stereocenters. The molecule has 0 radical (unpaired) electrons. The van der Waals surface area contributed by atoms with Gasteiger partial charge in [0.2, 0.25) is 0 Å². The van der Waals surface area contributed by atoms with Crippen molar-refractivity contribution in [3.8, 4) is 17.2 Å². The van der Waals surface area contributed by atoms with Crippen LogP contribution in [-0.2, 0) is 0 Å². The monoisotopic (exact) mass is 334 g/mol. The van der Waals surface area contributed by atoms with Crippen molar-refractivity contribution < 1.29 is 14.9 Å². The van der Waals surface area contributed by atoms with Crippen LogP contribution >= 0.6 is 34.8 Å². The van der Waals surface area contributed by atoms with E-state index in [0.717, 1.165) is 0 Å². The second-order valence-corrected chi connectivity index (χ2v) is 4.89. The third-order valence-electron chi connectivity index (χ3n) is 2.03. The molecule has 0 amide bonds. The molecule has 0 saturated heterocycles. The zero-order chi connectivity index (χ0) is 15.1. The minimum atomic E-state index is -0.0523. The summed E-state index contributed by atoms with van der Waals surface area (Å²) in [5.74, 6) is 0.635. The van der Waals surface area contributed by atoms with Crippen molar-refractivity contribution in [3.05, 3.63) is 51.5 Å². The van der Waals surface area contributed by atoms with Crippen LogP contribution in [0.15, 0.2) is 36.4 Å². The molecule has 0 heterocycles. The lowest BCUT2D eigenvalue weighted by Gasteiger charge is -2.09. The summed E-state index contributed by atoms with van der Waals surface area (Å²) in [5, 5.41) is 18.5. The molecule has 2 N–H and O–H groups in total. The topological polar surface area (TPSA) is 49.7 Å². The van der Waals surface area contributed by atoms with Gasteiger partial charge in [-0.25, -0.2) is 0 Å². The summed E-state index contributed by atoms with van der Waals surface area (Å²) >= 11 is 17.4. The molecule has 6 heteroatoms. The maximum Gasteiger partial charge on any atom is 0.169 e. The lowest BCUT2D eigenvalue weighted by Crippen LogP contribution is -1.86. The fourth-order valence-corrected chi connectivity index (χ4v) is 1.87. The van der Waals surface area contributed by atoms with Crippen LogP contribution in [0.4, 0.5) is 0 Å². The average molecular weight is 336 g/mol. The number of halogens is 3. The van der Waals surface area contributed by atoms with Gasteiger partial charge in [-0.1, -0.05) is 34.8 Å². The molecular formula is C14H13Cl3O3. The molecule has 0 fully saturated rings. The van der Waals surface area contributed by atoms with Crippen molar-refractivity contribution >= 4 is 34.8 Å². The predicted molar refractivity (Wildman–Crippen MR) is 82.4 cm³/mol. The highest BCUT2D eigenvalue weighted by Gasteiger charge is 2.08. The number of hydrogen-bond acceptors (Lipinski definition) is 3. The van der Waals surface area contributed by atoms with Gasteiger partial charge in [0, 0.05) is 22.7 Å². The summed E-state index contributed by atoms with van der Waals surface area (Å²) in [6.07, 6.45) is 0. The molecule has 2 rings (SSSR count). The van der Waals surface area contributed by atoms with E-state index in [0.29, 0.717) is 20.8 Å². The first kappa shape index (κ1) is 16.9. The Kier molecular flexibility index (Phi) is 6.96. The number of phenols is 1. The van der Waals surface area contributed by atoms with E-state index >= 15 is 0 Å². The average Bonchev–Trinajstić information content (AvgIpc) is 2.36. The van der Waals surface area contributed by atoms with E-state index in [1.54, 1.807) is 37.3 Å². The summed E-state index contributed by atoms with van der Waals surface area (Å²) in [4.78, 5) is 0. The van der Waals surface area contributed by atoms with Gasteiger partial charge in [-0.05, 0) is 37.3 Å². The van der Waals surface area contributed by atoms with Gasteiger partial charge >= 0.3 is 0 Å². The van der Waals surface area contributed by atoms with Gasteiger partial charge in [-0.15, -0.1) is 0 Å². The van der Waals surface area contributed by atoms with Gasteiger partial charge in [-0.3, -0.25) is 0 Å². The SMILES string of the molecule is CCO.Oc1cc(Cl)ccc1Oc1ccc(Cl)cc1Cl. The smallest absolute Gasteiger partial charge is 0.169 e. The molecule has 20 heavy (non-hydrogen) atoms. The van der Waals surface area contributed by atoms with Crippen LogP contribution in [0.25, 0.3) is 0 Å². The van der Waals surface area contributed by atoms with Gasteiger partial charge in [0.15, 0.2) is 11.5 Å². The molecule has 3 nitrogen and oxygen atoms in total. The fraction of sp³-hybridized carbons (Fsp3) is 0.143. The molecule has 0 spiro atoms. The Morgan fingerprint density at radius 1 is 0.950 bits per heavy atom. The number of hydrogen-bond donors (Lipinski definition) is 2. The van der Waals surface area contributed by atoms with Crippen molar-refractivity contribution in [1.29, 1.82) is 0 Å². The van der Waals surface area contributed by atoms with Crippen molar-refractivity contribution in [1.82, 2.24) is 0 Å². The van der Waals surface area contributed by atoms with E-state index in [-0.39, 0.29) is 18.1 Å². The van der Waals surface area contributed by atoms with Crippen LogP contribution in [0.1, 0.15) is 6.92 Å². The molecule has 0 aliphatic rings. The Morgan fingerprint density at radius 2 is 1.45 bits per heavy atom. The van der Waals surface area contributed by atoms with E-state index in [1.165, 1.54) is 6.07 Å². The van der Waals surface area contributed by atoms with Crippen molar-refractivity contribution in [2.45, 2.75) is 6.92 Å². The maximum atomic E-state index is 9.62. The van der Waals surface area contributed by atoms with Gasteiger partial charge < -0.3 is 14.9 Å². The van der Waals surface area contributed by atoms with E-state index < -0.39 is 0 Å². The maximum absolute atomic E-state index is 9.62. The minimum absolute atomic E-state index is 0.0523. The van der Waals surface area contributed by atoms with E-state index in [4.69, 9.17) is 44.6 Å². The number of rotatable bonds is 2. The van der Waals surface area contributed by atoms with Gasteiger partial charge in [0.25, 0.3) is 0 Å². The Hall–Kier alpha value is -1.13. The largest absolute Gasteiger partial charge is 0.504 e. The Labute approximate surface area is 132 Å². The number of ether oxygens (including phenoxy) is 1. The lowest BCUT2D eigenvalue weighted by molar-refractivity contribution is 0.318. The number of aliphatic hydroxyl groups is 1. The first-order valence-corrected chi connectivity index (χ1v) is 6.83. The zero-order valence-electron chi connectivity index (χ0n) is 10.6. The molecule has 0 aliphatic heterocycles.